The van der Waals surface area contributed by atoms with Gasteiger partial charge in [0.05, 0.1) is 6.20 Å². The molecule has 1 heterocycles. The SMILES string of the molecule is Cc1cnnc(Cl)c1C. The van der Waals surface area contributed by atoms with Crippen LogP contribution in [0.3, 0.4) is 0 Å². The van der Waals surface area contributed by atoms with Gasteiger partial charge in [0.15, 0.2) is 5.15 Å². The number of halogens is 1. The topological polar surface area (TPSA) is 25.8 Å². The lowest BCUT2D eigenvalue weighted by Crippen LogP contribution is -1.88. The smallest absolute Gasteiger partial charge is 0.154 e. The van der Waals surface area contributed by atoms with Crippen LogP contribution in [0.4, 0.5) is 0 Å². The number of aromatic nitrogens is 2. The Labute approximate surface area is 58.9 Å². The lowest BCUT2D eigenvalue weighted by Gasteiger charge is -1.96. The molecular formula is C6H7ClN2. The van der Waals surface area contributed by atoms with Crippen LogP contribution in [0.1, 0.15) is 11.1 Å². The molecule has 0 spiro atoms. The van der Waals surface area contributed by atoms with Gasteiger partial charge >= 0.3 is 0 Å². The minimum Gasteiger partial charge on any atom is -0.157 e. The Balaban J connectivity index is 3.25. The highest BCUT2D eigenvalue weighted by Gasteiger charge is 1.97. The highest BCUT2D eigenvalue weighted by Crippen LogP contribution is 2.12. The number of aryl methyl sites for hydroxylation is 1. The van der Waals surface area contributed by atoms with Crippen LogP contribution < -0.4 is 0 Å². The van der Waals surface area contributed by atoms with E-state index in [1.54, 1.807) is 6.20 Å². The van der Waals surface area contributed by atoms with Crippen LogP contribution in [-0.2, 0) is 0 Å². The van der Waals surface area contributed by atoms with Crippen molar-refractivity contribution in [3.63, 3.8) is 0 Å². The molecule has 1 aromatic rings. The number of nitrogens with zero attached hydrogens (tertiary/aromatic N) is 2. The van der Waals surface area contributed by atoms with E-state index in [4.69, 9.17) is 11.6 Å². The summed E-state index contributed by atoms with van der Waals surface area (Å²) in [7, 11) is 0. The van der Waals surface area contributed by atoms with Gasteiger partial charge in [-0.25, -0.2) is 0 Å². The van der Waals surface area contributed by atoms with Gasteiger partial charge in [-0.3, -0.25) is 0 Å². The Bertz CT molecular complexity index is 202. The summed E-state index contributed by atoms with van der Waals surface area (Å²) in [4.78, 5) is 0. The summed E-state index contributed by atoms with van der Waals surface area (Å²) in [6.45, 7) is 3.88. The van der Waals surface area contributed by atoms with Gasteiger partial charge in [-0.1, -0.05) is 11.6 Å². The van der Waals surface area contributed by atoms with Crippen molar-refractivity contribution in [3.05, 3.63) is 22.5 Å². The minimum atomic E-state index is 0.495. The van der Waals surface area contributed by atoms with Crippen molar-refractivity contribution in [1.82, 2.24) is 10.2 Å². The molecule has 0 radical (unpaired) electrons. The molecule has 0 aliphatic carbocycles. The molecule has 0 N–H and O–H groups in total. The first-order valence-electron chi connectivity index (χ1n) is 2.66. The largest absolute Gasteiger partial charge is 0.157 e. The predicted octanol–water partition coefficient (Wildman–Crippen LogP) is 1.75. The molecule has 0 saturated carbocycles. The lowest BCUT2D eigenvalue weighted by molar-refractivity contribution is 0.995. The molecule has 0 bridgehead atoms. The van der Waals surface area contributed by atoms with Crippen LogP contribution >= 0.6 is 11.6 Å². The summed E-state index contributed by atoms with van der Waals surface area (Å²) in [6.07, 6.45) is 1.70. The maximum atomic E-state index is 5.64. The zero-order valence-corrected chi connectivity index (χ0v) is 6.11. The van der Waals surface area contributed by atoms with Crippen LogP contribution in [0.5, 0.6) is 0 Å². The molecule has 48 valence electrons. The second-order valence-corrected chi connectivity index (χ2v) is 2.30. The van der Waals surface area contributed by atoms with E-state index in [9.17, 15) is 0 Å². The van der Waals surface area contributed by atoms with Gasteiger partial charge in [0.25, 0.3) is 0 Å². The Morgan fingerprint density at radius 3 is 2.56 bits per heavy atom. The van der Waals surface area contributed by atoms with Crippen LogP contribution in [0, 0.1) is 13.8 Å². The zero-order valence-electron chi connectivity index (χ0n) is 5.35. The van der Waals surface area contributed by atoms with Crippen LogP contribution in [0.2, 0.25) is 5.15 Å². The Morgan fingerprint density at radius 2 is 2.11 bits per heavy atom. The quantitative estimate of drug-likeness (QED) is 0.552. The lowest BCUT2D eigenvalue weighted by atomic mass is 10.2. The summed E-state index contributed by atoms with van der Waals surface area (Å²) in [6, 6.07) is 0. The van der Waals surface area contributed by atoms with E-state index in [2.05, 4.69) is 10.2 Å². The van der Waals surface area contributed by atoms with Gasteiger partial charge in [0.2, 0.25) is 0 Å². The highest BCUT2D eigenvalue weighted by atomic mass is 35.5. The Morgan fingerprint density at radius 1 is 1.44 bits per heavy atom. The number of rotatable bonds is 0. The summed E-state index contributed by atoms with van der Waals surface area (Å²) in [5.41, 5.74) is 2.08. The van der Waals surface area contributed by atoms with E-state index in [-0.39, 0.29) is 0 Å². The van der Waals surface area contributed by atoms with Crippen LogP contribution in [0.25, 0.3) is 0 Å². The van der Waals surface area contributed by atoms with Crippen LogP contribution in [-0.4, -0.2) is 10.2 Å². The van der Waals surface area contributed by atoms with Crippen molar-refractivity contribution >= 4 is 11.6 Å². The molecule has 0 saturated heterocycles. The molecule has 0 aliphatic heterocycles. The van der Waals surface area contributed by atoms with Crippen molar-refractivity contribution in [2.75, 3.05) is 0 Å². The van der Waals surface area contributed by atoms with Crippen molar-refractivity contribution in [2.45, 2.75) is 13.8 Å². The molecule has 0 aromatic carbocycles. The molecule has 1 rings (SSSR count). The second-order valence-electron chi connectivity index (χ2n) is 1.94. The van der Waals surface area contributed by atoms with E-state index in [1.165, 1.54) is 0 Å². The molecular weight excluding hydrogens is 136 g/mol. The fourth-order valence-corrected chi connectivity index (χ4v) is 0.693. The summed E-state index contributed by atoms with van der Waals surface area (Å²) >= 11 is 5.64. The summed E-state index contributed by atoms with van der Waals surface area (Å²) in [5.74, 6) is 0. The van der Waals surface area contributed by atoms with Crippen molar-refractivity contribution in [3.8, 4) is 0 Å². The maximum absolute atomic E-state index is 5.64. The third kappa shape index (κ3) is 1.19. The van der Waals surface area contributed by atoms with E-state index in [0.717, 1.165) is 11.1 Å². The molecule has 0 amide bonds. The first-order chi connectivity index (χ1) is 4.22. The average Bonchev–Trinajstić information content (AvgIpc) is 1.83. The first-order valence-corrected chi connectivity index (χ1v) is 3.04. The molecule has 9 heavy (non-hydrogen) atoms. The second kappa shape index (κ2) is 2.31. The van der Waals surface area contributed by atoms with Crippen molar-refractivity contribution < 1.29 is 0 Å². The number of hydrogen-bond donors (Lipinski definition) is 0. The monoisotopic (exact) mass is 142 g/mol. The molecule has 0 atom stereocenters. The van der Waals surface area contributed by atoms with Gasteiger partial charge < -0.3 is 0 Å². The van der Waals surface area contributed by atoms with E-state index in [1.807, 2.05) is 13.8 Å². The summed E-state index contributed by atoms with van der Waals surface area (Å²) < 4.78 is 0. The number of hydrogen-bond acceptors (Lipinski definition) is 2. The third-order valence-electron chi connectivity index (χ3n) is 1.30. The zero-order chi connectivity index (χ0) is 6.85. The Kier molecular flexibility index (Phi) is 1.67. The van der Waals surface area contributed by atoms with Gasteiger partial charge in [0, 0.05) is 0 Å². The Hall–Kier alpha value is -0.630. The van der Waals surface area contributed by atoms with Crippen molar-refractivity contribution in [2.24, 2.45) is 0 Å². The van der Waals surface area contributed by atoms with Gasteiger partial charge in [-0.05, 0) is 25.0 Å². The van der Waals surface area contributed by atoms with E-state index in [0.29, 0.717) is 5.15 Å². The molecule has 0 fully saturated rings. The molecule has 0 unspecified atom stereocenters. The van der Waals surface area contributed by atoms with E-state index >= 15 is 0 Å². The highest BCUT2D eigenvalue weighted by molar-refractivity contribution is 6.30. The fraction of sp³-hybridized carbons (Fsp3) is 0.333. The third-order valence-corrected chi connectivity index (χ3v) is 1.66. The standard InChI is InChI=1S/C6H7ClN2/c1-4-3-8-9-6(7)5(4)2/h3H,1-2H3. The van der Waals surface area contributed by atoms with Gasteiger partial charge in [-0.2, -0.15) is 5.10 Å². The van der Waals surface area contributed by atoms with E-state index < -0.39 is 0 Å². The molecule has 3 heteroatoms. The van der Waals surface area contributed by atoms with Crippen LogP contribution in [0.15, 0.2) is 6.20 Å². The molecule has 0 aliphatic rings. The minimum absolute atomic E-state index is 0.495. The first kappa shape index (κ1) is 6.49. The van der Waals surface area contributed by atoms with Gasteiger partial charge in [0.1, 0.15) is 0 Å². The average molecular weight is 143 g/mol. The van der Waals surface area contributed by atoms with Gasteiger partial charge in [-0.15, -0.1) is 5.10 Å². The molecule has 2 nitrogen and oxygen atoms in total. The van der Waals surface area contributed by atoms with Crippen molar-refractivity contribution in [1.29, 1.82) is 0 Å². The molecule has 1 aromatic heterocycles. The fourth-order valence-electron chi connectivity index (χ4n) is 0.501. The summed E-state index contributed by atoms with van der Waals surface area (Å²) in [5, 5.41) is 7.81. The normalized spacial score (nSPS) is 9.67. The maximum Gasteiger partial charge on any atom is 0.154 e. The predicted molar refractivity (Wildman–Crippen MR) is 36.5 cm³/mol.